The molecule has 0 aliphatic rings. The molecule has 0 aliphatic carbocycles. The second-order valence-electron chi connectivity index (χ2n) is 1.68. The Bertz CT molecular complexity index is 134. The molecule has 2 nitrogen and oxygen atoms in total. The molecule has 0 saturated carbocycles. The lowest BCUT2D eigenvalue weighted by Gasteiger charge is -1.95. The SMILES string of the molecule is CCSC(=O)CS(=O)CC. The topological polar surface area (TPSA) is 34.1 Å². The van der Waals surface area contributed by atoms with E-state index in [2.05, 4.69) is 0 Å². The van der Waals surface area contributed by atoms with E-state index in [-0.39, 0.29) is 10.9 Å². The second-order valence-corrected chi connectivity index (χ2v) is 4.74. The summed E-state index contributed by atoms with van der Waals surface area (Å²) in [6.45, 7) is 3.73. The highest BCUT2D eigenvalue weighted by atomic mass is 32.2. The molecule has 1 atom stereocenters. The fourth-order valence-corrected chi connectivity index (χ4v) is 1.95. The largest absolute Gasteiger partial charge is 0.286 e. The molecule has 4 heteroatoms. The van der Waals surface area contributed by atoms with Crippen LogP contribution >= 0.6 is 11.8 Å². The molecule has 0 aromatic heterocycles. The lowest BCUT2D eigenvalue weighted by atomic mass is 10.9. The Morgan fingerprint density at radius 2 is 2.10 bits per heavy atom. The van der Waals surface area contributed by atoms with E-state index in [1.807, 2.05) is 13.8 Å². The zero-order valence-electron chi connectivity index (χ0n) is 6.25. The first kappa shape index (κ1) is 10.2. The normalized spacial score (nSPS) is 13.0. The van der Waals surface area contributed by atoms with Crippen molar-refractivity contribution in [2.24, 2.45) is 0 Å². The van der Waals surface area contributed by atoms with Crippen molar-refractivity contribution in [2.45, 2.75) is 13.8 Å². The Balaban J connectivity index is 3.47. The maximum absolute atomic E-state index is 10.8. The summed E-state index contributed by atoms with van der Waals surface area (Å²) in [4.78, 5) is 10.8. The summed E-state index contributed by atoms with van der Waals surface area (Å²) >= 11 is 1.24. The van der Waals surface area contributed by atoms with E-state index >= 15 is 0 Å². The van der Waals surface area contributed by atoms with Crippen molar-refractivity contribution < 1.29 is 9.00 Å². The summed E-state index contributed by atoms with van der Waals surface area (Å²) in [6, 6.07) is 0. The fraction of sp³-hybridized carbons (Fsp3) is 0.833. The maximum Gasteiger partial charge on any atom is 0.201 e. The number of hydrogen-bond acceptors (Lipinski definition) is 3. The van der Waals surface area contributed by atoms with Crippen molar-refractivity contribution in [2.75, 3.05) is 17.3 Å². The zero-order chi connectivity index (χ0) is 7.98. The van der Waals surface area contributed by atoms with Crippen LogP contribution in [0.4, 0.5) is 0 Å². The second kappa shape index (κ2) is 5.92. The third kappa shape index (κ3) is 4.99. The van der Waals surface area contributed by atoms with Crippen LogP contribution in [-0.2, 0) is 15.6 Å². The minimum absolute atomic E-state index is 0.0442. The summed E-state index contributed by atoms with van der Waals surface area (Å²) in [7, 11) is -0.929. The van der Waals surface area contributed by atoms with Gasteiger partial charge in [0.1, 0.15) is 0 Å². The third-order valence-corrected chi connectivity index (χ3v) is 3.07. The minimum atomic E-state index is -0.929. The molecule has 0 spiro atoms. The first-order valence-electron chi connectivity index (χ1n) is 3.21. The number of rotatable bonds is 4. The number of hydrogen-bond donors (Lipinski definition) is 0. The summed E-state index contributed by atoms with van der Waals surface area (Å²) in [6.07, 6.45) is 0. The van der Waals surface area contributed by atoms with Gasteiger partial charge in [0.25, 0.3) is 0 Å². The molecular weight excluding hydrogens is 168 g/mol. The first-order chi connectivity index (χ1) is 4.70. The van der Waals surface area contributed by atoms with E-state index in [9.17, 15) is 9.00 Å². The third-order valence-electron chi connectivity index (χ3n) is 0.906. The van der Waals surface area contributed by atoms with E-state index in [0.29, 0.717) is 5.75 Å². The van der Waals surface area contributed by atoms with Gasteiger partial charge in [-0.2, -0.15) is 0 Å². The fourth-order valence-electron chi connectivity index (χ4n) is 0.436. The van der Waals surface area contributed by atoms with Crippen molar-refractivity contribution in [3.8, 4) is 0 Å². The van der Waals surface area contributed by atoms with Gasteiger partial charge >= 0.3 is 0 Å². The predicted molar refractivity (Wildman–Crippen MR) is 46.7 cm³/mol. The van der Waals surface area contributed by atoms with Gasteiger partial charge in [-0.3, -0.25) is 9.00 Å². The van der Waals surface area contributed by atoms with Gasteiger partial charge in [-0.15, -0.1) is 0 Å². The number of carbonyl (C=O) groups excluding carboxylic acids is 1. The van der Waals surface area contributed by atoms with Crippen molar-refractivity contribution in [3.63, 3.8) is 0 Å². The van der Waals surface area contributed by atoms with Crippen LogP contribution in [0.3, 0.4) is 0 Å². The van der Waals surface area contributed by atoms with Crippen LogP contribution in [-0.4, -0.2) is 26.6 Å². The van der Waals surface area contributed by atoms with Crippen molar-refractivity contribution in [1.82, 2.24) is 0 Å². The molecule has 10 heavy (non-hydrogen) atoms. The van der Waals surface area contributed by atoms with Gasteiger partial charge in [0, 0.05) is 16.6 Å². The van der Waals surface area contributed by atoms with E-state index in [1.54, 1.807) is 0 Å². The predicted octanol–water partition coefficient (Wildman–Crippen LogP) is 1.03. The molecule has 0 saturated heterocycles. The molecule has 0 aliphatic heterocycles. The molecule has 0 bridgehead atoms. The van der Waals surface area contributed by atoms with Gasteiger partial charge in [-0.25, -0.2) is 0 Å². The van der Waals surface area contributed by atoms with E-state index in [0.717, 1.165) is 5.75 Å². The van der Waals surface area contributed by atoms with Crippen molar-refractivity contribution >= 4 is 27.7 Å². The van der Waals surface area contributed by atoms with Crippen molar-refractivity contribution in [1.29, 1.82) is 0 Å². The highest BCUT2D eigenvalue weighted by Crippen LogP contribution is 2.01. The quantitative estimate of drug-likeness (QED) is 0.648. The van der Waals surface area contributed by atoms with Crippen LogP contribution < -0.4 is 0 Å². The van der Waals surface area contributed by atoms with Gasteiger partial charge in [-0.05, 0) is 5.75 Å². The molecule has 0 aromatic carbocycles. The lowest BCUT2D eigenvalue weighted by Crippen LogP contribution is -2.08. The molecule has 1 unspecified atom stereocenters. The minimum Gasteiger partial charge on any atom is -0.286 e. The average molecular weight is 180 g/mol. The van der Waals surface area contributed by atoms with Crippen LogP contribution in [0.1, 0.15) is 13.8 Å². The summed E-state index contributed by atoms with van der Waals surface area (Å²) in [5, 5.41) is 0.0442. The maximum atomic E-state index is 10.8. The molecular formula is C6H12O2S2. The molecule has 0 N–H and O–H groups in total. The Hall–Kier alpha value is 0.170. The van der Waals surface area contributed by atoms with Gasteiger partial charge in [0.15, 0.2) is 0 Å². The molecule has 60 valence electrons. The standard InChI is InChI=1S/C6H12O2S2/c1-3-9-6(7)5-10(8)4-2/h3-5H2,1-2H3. The van der Waals surface area contributed by atoms with Crippen LogP contribution in [0.5, 0.6) is 0 Å². The summed E-state index contributed by atoms with van der Waals surface area (Å²) < 4.78 is 10.8. The Labute approximate surface area is 68.2 Å². The Kier molecular flexibility index (Phi) is 6.02. The summed E-state index contributed by atoms with van der Waals surface area (Å²) in [5.41, 5.74) is 0. The van der Waals surface area contributed by atoms with Crippen LogP contribution in [0.15, 0.2) is 0 Å². The first-order valence-corrected chi connectivity index (χ1v) is 5.68. The van der Waals surface area contributed by atoms with Crippen LogP contribution in [0.2, 0.25) is 0 Å². The molecule has 0 radical (unpaired) electrons. The van der Waals surface area contributed by atoms with E-state index < -0.39 is 10.8 Å². The highest BCUT2D eigenvalue weighted by molar-refractivity contribution is 8.14. The summed E-state index contributed by atoms with van der Waals surface area (Å²) in [5.74, 6) is 1.57. The molecule has 0 fully saturated rings. The van der Waals surface area contributed by atoms with Gasteiger partial charge in [-0.1, -0.05) is 25.6 Å². The van der Waals surface area contributed by atoms with E-state index in [1.165, 1.54) is 11.8 Å². The van der Waals surface area contributed by atoms with Crippen molar-refractivity contribution in [3.05, 3.63) is 0 Å². The van der Waals surface area contributed by atoms with Gasteiger partial charge < -0.3 is 0 Å². The van der Waals surface area contributed by atoms with Gasteiger partial charge in [0.2, 0.25) is 5.12 Å². The molecule has 0 heterocycles. The monoisotopic (exact) mass is 180 g/mol. The van der Waals surface area contributed by atoms with Gasteiger partial charge in [0.05, 0.1) is 5.75 Å². The molecule has 0 aromatic rings. The van der Waals surface area contributed by atoms with Crippen LogP contribution in [0, 0.1) is 0 Å². The Morgan fingerprint density at radius 1 is 1.50 bits per heavy atom. The van der Waals surface area contributed by atoms with Crippen LogP contribution in [0.25, 0.3) is 0 Å². The van der Waals surface area contributed by atoms with E-state index in [4.69, 9.17) is 0 Å². The smallest absolute Gasteiger partial charge is 0.201 e. The average Bonchev–Trinajstić information content (AvgIpc) is 1.88. The molecule has 0 amide bonds. The highest BCUT2D eigenvalue weighted by Gasteiger charge is 2.04. The number of thioether (sulfide) groups is 1. The molecule has 0 rings (SSSR count). The number of carbonyl (C=O) groups is 1. The lowest BCUT2D eigenvalue weighted by molar-refractivity contribution is -0.108. The Morgan fingerprint density at radius 3 is 2.50 bits per heavy atom. The zero-order valence-corrected chi connectivity index (χ0v) is 7.89.